The summed E-state index contributed by atoms with van der Waals surface area (Å²) >= 11 is 6.20. The first-order valence-electron chi connectivity index (χ1n) is 10.3. The van der Waals surface area contributed by atoms with Gasteiger partial charge in [-0.1, -0.05) is 31.5 Å². The maximum atomic E-state index is 12.9. The molecule has 1 aliphatic heterocycles. The summed E-state index contributed by atoms with van der Waals surface area (Å²) in [6.45, 7) is 4.80. The van der Waals surface area contributed by atoms with Crippen molar-refractivity contribution in [3.8, 4) is 0 Å². The Morgan fingerprint density at radius 3 is 2.55 bits per heavy atom. The van der Waals surface area contributed by atoms with Crippen molar-refractivity contribution in [1.29, 1.82) is 0 Å². The summed E-state index contributed by atoms with van der Waals surface area (Å²) in [6, 6.07) is 11.1. The molecular weight excluding hydrogens is 438 g/mol. The quantitative estimate of drug-likeness (QED) is 0.668. The predicted molar refractivity (Wildman–Crippen MR) is 122 cm³/mol. The number of carbonyl (C=O) groups excluding carboxylic acids is 2. The number of piperidine rings is 1. The normalized spacial score (nSPS) is 14.7. The molecule has 0 bridgehead atoms. The first-order chi connectivity index (χ1) is 14.8. The number of benzene rings is 2. The molecule has 1 heterocycles. The molecule has 9 heteroatoms. The van der Waals surface area contributed by atoms with Crippen molar-refractivity contribution in [2.75, 3.05) is 29.9 Å². The average Bonchev–Trinajstić information content (AvgIpc) is 2.75. The fraction of sp³-hybridized carbons (Fsp3) is 0.364. The number of hydrogen-bond donors (Lipinski definition) is 1. The summed E-state index contributed by atoms with van der Waals surface area (Å²) in [4.78, 5) is 26.8. The average molecular weight is 464 g/mol. The Morgan fingerprint density at radius 2 is 1.87 bits per heavy atom. The van der Waals surface area contributed by atoms with Crippen LogP contribution in [-0.4, -0.2) is 44.2 Å². The highest BCUT2D eigenvalue weighted by atomic mass is 35.5. The van der Waals surface area contributed by atoms with E-state index in [0.29, 0.717) is 37.4 Å². The number of nitrogens with one attached hydrogen (secondary N) is 1. The van der Waals surface area contributed by atoms with E-state index in [2.05, 4.69) is 5.32 Å². The maximum Gasteiger partial charge on any atom is 0.257 e. The number of rotatable bonds is 7. The van der Waals surface area contributed by atoms with Crippen molar-refractivity contribution in [3.05, 3.63) is 53.1 Å². The molecule has 0 radical (unpaired) electrons. The third kappa shape index (κ3) is 5.08. The molecule has 3 rings (SSSR count). The lowest BCUT2D eigenvalue weighted by atomic mass is 10.1. The first kappa shape index (κ1) is 23.2. The molecular formula is C22H26ClN3O4S. The lowest BCUT2D eigenvalue weighted by Crippen LogP contribution is -2.35. The van der Waals surface area contributed by atoms with Crippen molar-refractivity contribution in [1.82, 2.24) is 4.31 Å². The van der Waals surface area contributed by atoms with Crippen LogP contribution in [0, 0.1) is 0 Å². The lowest BCUT2D eigenvalue weighted by Gasteiger charge is -2.27. The summed E-state index contributed by atoms with van der Waals surface area (Å²) in [6.07, 6.45) is 2.34. The Hall–Kier alpha value is -2.42. The van der Waals surface area contributed by atoms with Crippen LogP contribution in [0.2, 0.25) is 5.02 Å². The summed E-state index contributed by atoms with van der Waals surface area (Å²) in [5.74, 6) is -0.462. The Balaban J connectivity index is 1.86. The van der Waals surface area contributed by atoms with Crippen LogP contribution < -0.4 is 10.2 Å². The molecule has 7 nitrogen and oxygen atoms in total. The molecule has 0 spiro atoms. The Kier molecular flexibility index (Phi) is 7.35. The topological polar surface area (TPSA) is 86.8 Å². The zero-order chi connectivity index (χ0) is 22.6. The number of sulfonamides is 1. The molecule has 1 saturated heterocycles. The van der Waals surface area contributed by atoms with Gasteiger partial charge in [-0.2, -0.15) is 4.31 Å². The maximum absolute atomic E-state index is 12.9. The highest BCUT2D eigenvalue weighted by molar-refractivity contribution is 7.89. The van der Waals surface area contributed by atoms with E-state index in [-0.39, 0.29) is 21.4 Å². The van der Waals surface area contributed by atoms with E-state index in [1.807, 2.05) is 6.07 Å². The molecule has 0 unspecified atom stereocenters. The van der Waals surface area contributed by atoms with Crippen LogP contribution in [0.1, 0.15) is 43.5 Å². The van der Waals surface area contributed by atoms with E-state index in [0.717, 1.165) is 12.8 Å². The van der Waals surface area contributed by atoms with Crippen LogP contribution in [0.5, 0.6) is 0 Å². The van der Waals surface area contributed by atoms with Gasteiger partial charge in [-0.15, -0.1) is 0 Å². The van der Waals surface area contributed by atoms with Crippen LogP contribution >= 0.6 is 11.6 Å². The van der Waals surface area contributed by atoms with Crippen molar-refractivity contribution in [3.63, 3.8) is 0 Å². The minimum atomic E-state index is -3.72. The molecule has 31 heavy (non-hydrogen) atoms. The zero-order valence-corrected chi connectivity index (χ0v) is 19.2. The van der Waals surface area contributed by atoms with Gasteiger partial charge in [-0.05, 0) is 49.2 Å². The van der Waals surface area contributed by atoms with Gasteiger partial charge in [0.15, 0.2) is 0 Å². The van der Waals surface area contributed by atoms with E-state index in [1.54, 1.807) is 36.9 Å². The second-order valence-corrected chi connectivity index (χ2v) is 9.58. The minimum Gasteiger partial charge on any atom is -0.322 e. The summed E-state index contributed by atoms with van der Waals surface area (Å²) < 4.78 is 26.9. The molecule has 0 saturated carbocycles. The van der Waals surface area contributed by atoms with E-state index in [4.69, 9.17) is 11.6 Å². The van der Waals surface area contributed by atoms with Gasteiger partial charge in [0.05, 0.1) is 15.5 Å². The van der Waals surface area contributed by atoms with E-state index < -0.39 is 15.9 Å². The number of halogens is 1. The van der Waals surface area contributed by atoms with E-state index in [9.17, 15) is 18.0 Å². The highest BCUT2D eigenvalue weighted by Crippen LogP contribution is 2.26. The van der Waals surface area contributed by atoms with Gasteiger partial charge in [0.25, 0.3) is 5.91 Å². The molecule has 0 atom stereocenters. The van der Waals surface area contributed by atoms with Gasteiger partial charge in [-0.3, -0.25) is 9.59 Å². The third-order valence-corrected chi connectivity index (χ3v) is 7.64. The van der Waals surface area contributed by atoms with E-state index in [1.165, 1.54) is 22.5 Å². The smallest absolute Gasteiger partial charge is 0.257 e. The van der Waals surface area contributed by atoms with Gasteiger partial charge in [0, 0.05) is 37.4 Å². The molecule has 166 valence electrons. The van der Waals surface area contributed by atoms with Crippen molar-refractivity contribution in [2.45, 2.75) is 38.0 Å². The molecule has 2 amide bonds. The van der Waals surface area contributed by atoms with Crippen LogP contribution in [0.15, 0.2) is 47.4 Å². The Bertz CT molecular complexity index is 1080. The molecule has 1 aliphatic rings. The summed E-state index contributed by atoms with van der Waals surface area (Å²) in [5, 5.41) is 2.91. The van der Waals surface area contributed by atoms with Gasteiger partial charge in [0.1, 0.15) is 0 Å². The molecule has 0 aromatic heterocycles. The second kappa shape index (κ2) is 9.80. The zero-order valence-electron chi connectivity index (χ0n) is 17.6. The van der Waals surface area contributed by atoms with Crippen molar-refractivity contribution < 1.29 is 18.0 Å². The number of amides is 2. The van der Waals surface area contributed by atoms with Crippen LogP contribution in [0.25, 0.3) is 0 Å². The fourth-order valence-electron chi connectivity index (χ4n) is 3.58. The van der Waals surface area contributed by atoms with Crippen LogP contribution in [-0.2, 0) is 14.8 Å². The largest absolute Gasteiger partial charge is 0.322 e. The van der Waals surface area contributed by atoms with Crippen LogP contribution in [0.4, 0.5) is 11.4 Å². The van der Waals surface area contributed by atoms with Crippen molar-refractivity contribution in [2.24, 2.45) is 0 Å². The number of hydrogen-bond acceptors (Lipinski definition) is 4. The SMILES string of the molecule is CCN(CC)S(=O)(=O)c1ccc(Cl)c(C(=O)Nc2cccc(N3CCCCC3=O)c2)c1. The monoisotopic (exact) mass is 463 g/mol. The molecule has 0 aliphatic carbocycles. The number of nitrogens with zero attached hydrogens (tertiary/aromatic N) is 2. The number of anilines is 2. The van der Waals surface area contributed by atoms with E-state index >= 15 is 0 Å². The predicted octanol–water partition coefficient (Wildman–Crippen LogP) is 4.14. The first-order valence-corrected chi connectivity index (χ1v) is 12.1. The second-order valence-electron chi connectivity index (χ2n) is 7.24. The molecule has 2 aromatic carbocycles. The molecule has 1 fully saturated rings. The third-order valence-electron chi connectivity index (χ3n) is 5.26. The van der Waals surface area contributed by atoms with Gasteiger partial charge < -0.3 is 10.2 Å². The minimum absolute atomic E-state index is 0.0124. The summed E-state index contributed by atoms with van der Waals surface area (Å²) in [7, 11) is -3.72. The van der Waals surface area contributed by atoms with Gasteiger partial charge >= 0.3 is 0 Å². The number of carbonyl (C=O) groups is 2. The molecule has 2 aromatic rings. The van der Waals surface area contributed by atoms with Gasteiger partial charge in [-0.25, -0.2) is 8.42 Å². The highest BCUT2D eigenvalue weighted by Gasteiger charge is 2.24. The van der Waals surface area contributed by atoms with Crippen LogP contribution in [0.3, 0.4) is 0 Å². The Morgan fingerprint density at radius 1 is 1.13 bits per heavy atom. The summed E-state index contributed by atoms with van der Waals surface area (Å²) in [5.41, 5.74) is 1.27. The van der Waals surface area contributed by atoms with Crippen molar-refractivity contribution >= 4 is 44.8 Å². The Labute approximate surface area is 188 Å². The molecule has 1 N–H and O–H groups in total. The fourth-order valence-corrected chi connectivity index (χ4v) is 5.27. The van der Waals surface area contributed by atoms with Gasteiger partial charge in [0.2, 0.25) is 15.9 Å². The lowest BCUT2D eigenvalue weighted by molar-refractivity contribution is -0.119. The standard InChI is InChI=1S/C22H26ClN3O4S/c1-3-25(4-2)31(29,30)18-11-12-20(23)19(15-18)22(28)24-16-8-7-9-17(14-16)26-13-6-5-10-21(26)27/h7-9,11-12,14-15H,3-6,10,13H2,1-2H3,(H,24,28).